The summed E-state index contributed by atoms with van der Waals surface area (Å²) in [7, 11) is 0. The topological polar surface area (TPSA) is 35.5 Å². The maximum Gasteiger partial charge on any atom is 0.0446 e. The highest BCUT2D eigenvalue weighted by atomic mass is 16.3. The van der Waals surface area contributed by atoms with E-state index in [0.717, 1.165) is 12.3 Å². The molecule has 0 aromatic rings. The molecule has 0 radical (unpaired) electrons. The van der Waals surface area contributed by atoms with Crippen molar-refractivity contribution >= 4 is 0 Å². The van der Waals surface area contributed by atoms with E-state index in [-0.39, 0.29) is 12.0 Å². The van der Waals surface area contributed by atoms with Crippen LogP contribution in [-0.4, -0.2) is 48.3 Å². The predicted octanol–water partition coefficient (Wildman–Crippen LogP) is 2.88. The molecule has 1 heterocycles. The molecule has 0 aliphatic carbocycles. The van der Waals surface area contributed by atoms with E-state index in [1.807, 2.05) is 0 Å². The van der Waals surface area contributed by atoms with Crippen molar-refractivity contribution in [2.45, 2.75) is 72.4 Å². The first kappa shape index (κ1) is 17.9. The predicted molar refractivity (Wildman–Crippen MR) is 87.0 cm³/mol. The Morgan fingerprint density at radius 1 is 1.25 bits per heavy atom. The zero-order valence-electron chi connectivity index (χ0n) is 14.3. The Morgan fingerprint density at radius 3 is 2.30 bits per heavy atom. The lowest BCUT2D eigenvalue weighted by Crippen LogP contribution is -2.50. The Kier molecular flexibility index (Phi) is 7.49. The monoisotopic (exact) mass is 284 g/mol. The van der Waals surface area contributed by atoms with Gasteiger partial charge in [-0.05, 0) is 63.6 Å². The molecule has 20 heavy (non-hydrogen) atoms. The van der Waals surface area contributed by atoms with Gasteiger partial charge in [0.15, 0.2) is 0 Å². The molecule has 120 valence electrons. The van der Waals surface area contributed by atoms with Crippen LogP contribution in [0.5, 0.6) is 0 Å². The van der Waals surface area contributed by atoms with Gasteiger partial charge in [-0.3, -0.25) is 0 Å². The smallest absolute Gasteiger partial charge is 0.0446 e. The molecule has 0 aromatic heterocycles. The first-order valence-electron chi connectivity index (χ1n) is 8.47. The van der Waals surface area contributed by atoms with Gasteiger partial charge in [-0.1, -0.05) is 27.7 Å². The van der Waals surface area contributed by atoms with Crippen LogP contribution in [0, 0.1) is 11.3 Å². The highest BCUT2D eigenvalue weighted by Gasteiger charge is 2.29. The van der Waals surface area contributed by atoms with Crippen molar-refractivity contribution in [3.05, 3.63) is 0 Å². The molecule has 2 N–H and O–H groups in total. The highest BCUT2D eigenvalue weighted by Crippen LogP contribution is 2.26. The van der Waals surface area contributed by atoms with Gasteiger partial charge in [-0.25, -0.2) is 0 Å². The van der Waals surface area contributed by atoms with Gasteiger partial charge in [-0.15, -0.1) is 0 Å². The molecule has 1 fully saturated rings. The minimum Gasteiger partial charge on any atom is -0.396 e. The van der Waals surface area contributed by atoms with E-state index >= 15 is 0 Å². The molecule has 0 spiro atoms. The van der Waals surface area contributed by atoms with Crippen LogP contribution in [-0.2, 0) is 0 Å². The zero-order chi connectivity index (χ0) is 15.2. The number of hydrogen-bond acceptors (Lipinski definition) is 3. The molecule has 2 atom stereocenters. The van der Waals surface area contributed by atoms with Gasteiger partial charge in [0.1, 0.15) is 0 Å². The number of aliphatic hydroxyl groups excluding tert-OH is 1. The van der Waals surface area contributed by atoms with Crippen LogP contribution in [0.1, 0.15) is 60.3 Å². The van der Waals surface area contributed by atoms with E-state index < -0.39 is 0 Å². The largest absolute Gasteiger partial charge is 0.396 e. The van der Waals surface area contributed by atoms with E-state index in [0.29, 0.717) is 12.1 Å². The lowest BCUT2D eigenvalue weighted by atomic mass is 9.82. The van der Waals surface area contributed by atoms with Crippen molar-refractivity contribution in [2.24, 2.45) is 11.3 Å². The van der Waals surface area contributed by atoms with Gasteiger partial charge in [-0.2, -0.15) is 0 Å². The maximum atomic E-state index is 9.27. The number of likely N-dealkylation sites (tertiary alicyclic amines) is 1. The fraction of sp³-hybridized carbons (Fsp3) is 1.00. The Hall–Kier alpha value is -0.120. The van der Waals surface area contributed by atoms with E-state index in [9.17, 15) is 5.11 Å². The molecule has 0 amide bonds. The third-order valence-corrected chi connectivity index (χ3v) is 4.81. The van der Waals surface area contributed by atoms with Gasteiger partial charge in [0.05, 0.1) is 0 Å². The molecule has 1 aliphatic heterocycles. The molecule has 3 nitrogen and oxygen atoms in total. The number of nitrogens with one attached hydrogen (secondary N) is 1. The summed E-state index contributed by atoms with van der Waals surface area (Å²) < 4.78 is 0. The van der Waals surface area contributed by atoms with E-state index in [1.54, 1.807) is 0 Å². The number of aliphatic hydroxyl groups is 1. The average molecular weight is 284 g/mol. The van der Waals surface area contributed by atoms with Crippen LogP contribution < -0.4 is 5.32 Å². The molecule has 0 saturated carbocycles. The fourth-order valence-corrected chi connectivity index (χ4v) is 3.34. The van der Waals surface area contributed by atoms with E-state index in [1.165, 1.54) is 38.9 Å². The third kappa shape index (κ3) is 5.71. The SMILES string of the molecule is CCCN1CCC(C(C)NC(CCO)C(C)(C)C)CC1. The molecule has 0 bridgehead atoms. The number of nitrogens with zero attached hydrogens (tertiary/aromatic N) is 1. The first-order chi connectivity index (χ1) is 9.38. The van der Waals surface area contributed by atoms with Gasteiger partial charge in [0.25, 0.3) is 0 Å². The molecule has 1 rings (SSSR count). The van der Waals surface area contributed by atoms with Crippen LogP contribution in [0.2, 0.25) is 0 Å². The summed E-state index contributed by atoms with van der Waals surface area (Å²) in [5.41, 5.74) is 0.208. The Morgan fingerprint density at radius 2 is 1.85 bits per heavy atom. The van der Waals surface area contributed by atoms with Crippen LogP contribution in [0.4, 0.5) is 0 Å². The molecular formula is C17H36N2O. The lowest BCUT2D eigenvalue weighted by Gasteiger charge is -2.39. The number of hydrogen-bond donors (Lipinski definition) is 2. The van der Waals surface area contributed by atoms with Crippen molar-refractivity contribution in [3.63, 3.8) is 0 Å². The minimum absolute atomic E-state index is 0.208. The molecule has 1 aliphatic rings. The van der Waals surface area contributed by atoms with Crippen LogP contribution >= 0.6 is 0 Å². The van der Waals surface area contributed by atoms with Crippen molar-refractivity contribution in [2.75, 3.05) is 26.2 Å². The fourth-order valence-electron chi connectivity index (χ4n) is 3.34. The molecule has 3 heteroatoms. The van der Waals surface area contributed by atoms with Gasteiger partial charge in [0.2, 0.25) is 0 Å². The Balaban J connectivity index is 2.43. The van der Waals surface area contributed by atoms with Crippen molar-refractivity contribution in [1.82, 2.24) is 10.2 Å². The summed E-state index contributed by atoms with van der Waals surface area (Å²) >= 11 is 0. The number of piperidine rings is 1. The van der Waals surface area contributed by atoms with Crippen LogP contribution in [0.3, 0.4) is 0 Å². The third-order valence-electron chi connectivity index (χ3n) is 4.81. The van der Waals surface area contributed by atoms with Crippen molar-refractivity contribution in [1.29, 1.82) is 0 Å². The van der Waals surface area contributed by atoms with Crippen molar-refractivity contribution in [3.8, 4) is 0 Å². The summed E-state index contributed by atoms with van der Waals surface area (Å²) in [6.45, 7) is 15.4. The second-order valence-electron chi connectivity index (χ2n) is 7.57. The Labute approximate surface area is 126 Å². The molecule has 0 aromatic carbocycles. The average Bonchev–Trinajstić information content (AvgIpc) is 2.38. The lowest BCUT2D eigenvalue weighted by molar-refractivity contribution is 0.133. The quantitative estimate of drug-likeness (QED) is 0.754. The Bertz CT molecular complexity index is 254. The molecule has 2 unspecified atom stereocenters. The molecule has 1 saturated heterocycles. The normalized spacial score (nSPS) is 21.9. The van der Waals surface area contributed by atoms with Crippen LogP contribution in [0.25, 0.3) is 0 Å². The first-order valence-corrected chi connectivity index (χ1v) is 8.47. The van der Waals surface area contributed by atoms with E-state index in [4.69, 9.17) is 0 Å². The standard InChI is InChI=1S/C17H36N2O/c1-6-10-19-11-7-15(8-12-19)14(2)18-16(9-13-20)17(3,4)5/h14-16,18,20H,6-13H2,1-5H3. The summed E-state index contributed by atoms with van der Waals surface area (Å²) in [5.74, 6) is 0.784. The molecular weight excluding hydrogens is 248 g/mol. The van der Waals surface area contributed by atoms with Crippen LogP contribution in [0.15, 0.2) is 0 Å². The van der Waals surface area contributed by atoms with Gasteiger partial charge in [0, 0.05) is 18.7 Å². The highest BCUT2D eigenvalue weighted by molar-refractivity contribution is 4.86. The second kappa shape index (κ2) is 8.35. The summed E-state index contributed by atoms with van der Waals surface area (Å²) in [4.78, 5) is 2.60. The summed E-state index contributed by atoms with van der Waals surface area (Å²) in [5, 5.41) is 13.1. The van der Waals surface area contributed by atoms with E-state index in [2.05, 4.69) is 44.8 Å². The van der Waals surface area contributed by atoms with Gasteiger partial charge < -0.3 is 15.3 Å². The second-order valence-corrected chi connectivity index (χ2v) is 7.57. The maximum absolute atomic E-state index is 9.27. The van der Waals surface area contributed by atoms with Crippen molar-refractivity contribution < 1.29 is 5.11 Å². The zero-order valence-corrected chi connectivity index (χ0v) is 14.3. The summed E-state index contributed by atoms with van der Waals surface area (Å²) in [6, 6.07) is 0.950. The number of rotatable bonds is 7. The summed E-state index contributed by atoms with van der Waals surface area (Å²) in [6.07, 6.45) is 4.73. The minimum atomic E-state index is 0.208. The van der Waals surface area contributed by atoms with Gasteiger partial charge >= 0.3 is 0 Å².